The van der Waals surface area contributed by atoms with E-state index in [0.29, 0.717) is 27.8 Å². The highest BCUT2D eigenvalue weighted by Crippen LogP contribution is 2.24. The zero-order chi connectivity index (χ0) is 12.4. The summed E-state index contributed by atoms with van der Waals surface area (Å²) in [5.41, 5.74) is 15.0. The lowest BCUT2D eigenvalue weighted by molar-refractivity contribution is 1.20. The second-order valence-electron chi connectivity index (χ2n) is 3.88. The van der Waals surface area contributed by atoms with Crippen molar-refractivity contribution in [3.63, 3.8) is 0 Å². The minimum absolute atomic E-state index is 0.567. The summed E-state index contributed by atoms with van der Waals surface area (Å²) in [7, 11) is 0. The predicted molar refractivity (Wildman–Crippen MR) is 74.5 cm³/mol. The maximum absolute atomic E-state index is 5.90. The van der Waals surface area contributed by atoms with Crippen LogP contribution >= 0.6 is 23.2 Å². The zero-order valence-electron chi connectivity index (χ0n) is 9.08. The van der Waals surface area contributed by atoms with Crippen LogP contribution in [0.25, 0.3) is 0 Å². The van der Waals surface area contributed by atoms with Crippen molar-refractivity contribution in [2.75, 3.05) is 11.5 Å². The van der Waals surface area contributed by atoms with Gasteiger partial charge in [-0.3, -0.25) is 0 Å². The average Bonchev–Trinajstić information content (AvgIpc) is 2.27. The molecular formula is C13H12Cl2N2. The highest BCUT2D eigenvalue weighted by atomic mass is 35.5. The van der Waals surface area contributed by atoms with Gasteiger partial charge in [-0.2, -0.15) is 0 Å². The third-order valence-corrected chi connectivity index (χ3v) is 3.14. The fraction of sp³-hybridized carbons (Fsp3) is 0.0769. The van der Waals surface area contributed by atoms with Gasteiger partial charge in [-0.15, -0.1) is 0 Å². The van der Waals surface area contributed by atoms with Gasteiger partial charge >= 0.3 is 0 Å². The smallest absolute Gasteiger partial charge is 0.0635 e. The van der Waals surface area contributed by atoms with Crippen LogP contribution in [0.5, 0.6) is 0 Å². The number of benzene rings is 2. The molecule has 0 saturated carbocycles. The van der Waals surface area contributed by atoms with Crippen molar-refractivity contribution >= 4 is 34.6 Å². The molecule has 2 aromatic carbocycles. The summed E-state index contributed by atoms with van der Waals surface area (Å²) in [4.78, 5) is 0. The fourth-order valence-electron chi connectivity index (χ4n) is 1.65. The number of anilines is 2. The molecule has 17 heavy (non-hydrogen) atoms. The van der Waals surface area contributed by atoms with Gasteiger partial charge in [0.1, 0.15) is 0 Å². The standard InChI is InChI=1S/C13H12Cl2N2/c14-10-3-2-9(12(16)7-10)5-8-1-4-11(15)13(17)6-8/h1-4,6-7H,5,16-17H2. The van der Waals surface area contributed by atoms with Crippen LogP contribution in [0.1, 0.15) is 11.1 Å². The summed E-state index contributed by atoms with van der Waals surface area (Å²) >= 11 is 11.7. The monoisotopic (exact) mass is 266 g/mol. The van der Waals surface area contributed by atoms with Crippen LogP contribution in [0.4, 0.5) is 11.4 Å². The average molecular weight is 267 g/mol. The molecule has 0 bridgehead atoms. The van der Waals surface area contributed by atoms with Gasteiger partial charge in [0, 0.05) is 10.7 Å². The predicted octanol–water partition coefficient (Wildman–Crippen LogP) is 3.75. The first kappa shape index (κ1) is 12.1. The molecule has 0 aliphatic heterocycles. The molecule has 0 heterocycles. The summed E-state index contributed by atoms with van der Waals surface area (Å²) in [5.74, 6) is 0. The maximum atomic E-state index is 5.90. The van der Waals surface area contributed by atoms with E-state index in [0.717, 1.165) is 11.1 Å². The maximum Gasteiger partial charge on any atom is 0.0635 e. The highest BCUT2D eigenvalue weighted by molar-refractivity contribution is 6.33. The van der Waals surface area contributed by atoms with Crippen molar-refractivity contribution in [1.29, 1.82) is 0 Å². The molecule has 0 unspecified atom stereocenters. The van der Waals surface area contributed by atoms with Gasteiger partial charge < -0.3 is 11.5 Å². The van der Waals surface area contributed by atoms with Gasteiger partial charge in [-0.05, 0) is 41.8 Å². The van der Waals surface area contributed by atoms with E-state index in [1.807, 2.05) is 24.3 Å². The topological polar surface area (TPSA) is 52.0 Å². The molecule has 88 valence electrons. The quantitative estimate of drug-likeness (QED) is 0.814. The summed E-state index contributed by atoms with van der Waals surface area (Å²) in [5, 5.41) is 1.21. The third-order valence-electron chi connectivity index (χ3n) is 2.56. The number of rotatable bonds is 2. The van der Waals surface area contributed by atoms with E-state index in [1.54, 1.807) is 12.1 Å². The minimum Gasteiger partial charge on any atom is -0.398 e. The second-order valence-corrected chi connectivity index (χ2v) is 4.72. The van der Waals surface area contributed by atoms with Crippen LogP contribution < -0.4 is 11.5 Å². The second kappa shape index (κ2) is 4.86. The first-order chi connectivity index (χ1) is 8.06. The molecule has 0 amide bonds. The lowest BCUT2D eigenvalue weighted by atomic mass is 10.0. The molecule has 4 heteroatoms. The summed E-state index contributed by atoms with van der Waals surface area (Å²) in [6, 6.07) is 11.1. The molecule has 0 fully saturated rings. The molecule has 2 aromatic rings. The molecule has 0 atom stereocenters. The Morgan fingerprint density at radius 1 is 0.882 bits per heavy atom. The minimum atomic E-state index is 0.567. The van der Waals surface area contributed by atoms with E-state index in [-0.39, 0.29) is 0 Å². The Kier molecular flexibility index (Phi) is 3.46. The normalized spacial score (nSPS) is 10.5. The van der Waals surface area contributed by atoms with Crippen molar-refractivity contribution in [3.8, 4) is 0 Å². The lowest BCUT2D eigenvalue weighted by Crippen LogP contribution is -1.97. The molecular weight excluding hydrogens is 255 g/mol. The lowest BCUT2D eigenvalue weighted by Gasteiger charge is -2.07. The van der Waals surface area contributed by atoms with Crippen LogP contribution in [0.2, 0.25) is 10.0 Å². The van der Waals surface area contributed by atoms with E-state index >= 15 is 0 Å². The van der Waals surface area contributed by atoms with Crippen LogP contribution in [0, 0.1) is 0 Å². The van der Waals surface area contributed by atoms with Crippen molar-refractivity contribution < 1.29 is 0 Å². The van der Waals surface area contributed by atoms with Gasteiger partial charge in [0.15, 0.2) is 0 Å². The number of hydrogen-bond donors (Lipinski definition) is 2. The Morgan fingerprint density at radius 3 is 2.29 bits per heavy atom. The van der Waals surface area contributed by atoms with Crippen LogP contribution in [0.3, 0.4) is 0 Å². The molecule has 2 nitrogen and oxygen atoms in total. The third kappa shape index (κ3) is 2.84. The molecule has 0 aliphatic carbocycles. The van der Waals surface area contributed by atoms with E-state index in [9.17, 15) is 0 Å². The van der Waals surface area contributed by atoms with Crippen molar-refractivity contribution in [3.05, 3.63) is 57.6 Å². The summed E-state index contributed by atoms with van der Waals surface area (Å²) < 4.78 is 0. The van der Waals surface area contributed by atoms with E-state index < -0.39 is 0 Å². The van der Waals surface area contributed by atoms with E-state index in [2.05, 4.69) is 0 Å². The Labute approximate surface area is 110 Å². The SMILES string of the molecule is Nc1cc(Cc2ccc(Cl)cc2N)ccc1Cl. The van der Waals surface area contributed by atoms with Gasteiger partial charge in [0.25, 0.3) is 0 Å². The van der Waals surface area contributed by atoms with Crippen molar-refractivity contribution in [1.82, 2.24) is 0 Å². The van der Waals surface area contributed by atoms with Gasteiger partial charge in [-0.1, -0.05) is 35.3 Å². The Balaban J connectivity index is 2.28. The van der Waals surface area contributed by atoms with Crippen LogP contribution in [-0.2, 0) is 6.42 Å². The van der Waals surface area contributed by atoms with E-state index in [4.69, 9.17) is 34.7 Å². The highest BCUT2D eigenvalue weighted by Gasteiger charge is 2.03. The number of hydrogen-bond acceptors (Lipinski definition) is 2. The number of nitrogen functional groups attached to an aromatic ring is 2. The number of halogens is 2. The first-order valence-corrected chi connectivity index (χ1v) is 5.89. The summed E-state index contributed by atoms with van der Waals surface area (Å²) in [6.45, 7) is 0. The van der Waals surface area contributed by atoms with Crippen LogP contribution in [-0.4, -0.2) is 0 Å². The molecule has 0 aromatic heterocycles. The molecule has 0 saturated heterocycles. The van der Waals surface area contributed by atoms with Crippen molar-refractivity contribution in [2.45, 2.75) is 6.42 Å². The Hall–Kier alpha value is -1.38. The summed E-state index contributed by atoms with van der Waals surface area (Å²) in [6.07, 6.45) is 0.713. The van der Waals surface area contributed by atoms with Crippen LogP contribution in [0.15, 0.2) is 36.4 Å². The molecule has 0 spiro atoms. The Bertz CT molecular complexity index is 553. The van der Waals surface area contributed by atoms with Gasteiger partial charge in [0.05, 0.1) is 10.7 Å². The largest absolute Gasteiger partial charge is 0.398 e. The molecule has 2 rings (SSSR count). The molecule has 0 radical (unpaired) electrons. The van der Waals surface area contributed by atoms with Gasteiger partial charge in [-0.25, -0.2) is 0 Å². The first-order valence-electron chi connectivity index (χ1n) is 5.14. The zero-order valence-corrected chi connectivity index (χ0v) is 10.6. The fourth-order valence-corrected chi connectivity index (χ4v) is 1.95. The number of nitrogens with two attached hydrogens (primary N) is 2. The Morgan fingerprint density at radius 2 is 1.65 bits per heavy atom. The molecule has 0 aliphatic rings. The van der Waals surface area contributed by atoms with Crippen molar-refractivity contribution in [2.24, 2.45) is 0 Å². The van der Waals surface area contributed by atoms with Gasteiger partial charge in [0.2, 0.25) is 0 Å². The van der Waals surface area contributed by atoms with E-state index in [1.165, 1.54) is 0 Å². The molecule has 4 N–H and O–H groups in total.